The van der Waals surface area contributed by atoms with Crippen LogP contribution in [0.2, 0.25) is 0 Å². The molecule has 0 amide bonds. The Morgan fingerprint density at radius 1 is 1.24 bits per heavy atom. The molecule has 0 saturated carbocycles. The molecule has 17 heavy (non-hydrogen) atoms. The standard InChI is InChI=1S/C12H18O.NO3/c1-9-6-7-10(12(2,3)4)11(8-9)13-5;2-1(3)4/h6-8H,1-5H3;/q;-1. The molecule has 0 fully saturated rings. The van der Waals surface area contributed by atoms with Crippen molar-refractivity contribution in [3.63, 3.8) is 0 Å². The number of hydrogen-bond donors (Lipinski definition) is 0. The van der Waals surface area contributed by atoms with Gasteiger partial charge in [-0.15, -0.1) is 0 Å². The van der Waals surface area contributed by atoms with E-state index in [9.17, 15) is 0 Å². The summed E-state index contributed by atoms with van der Waals surface area (Å²) in [6.07, 6.45) is 0. The zero-order valence-electron chi connectivity index (χ0n) is 10.8. The number of aryl methyl sites for hydroxylation is 1. The lowest BCUT2D eigenvalue weighted by molar-refractivity contribution is -0.402. The minimum atomic E-state index is -1.75. The van der Waals surface area contributed by atoms with Crippen LogP contribution in [0.15, 0.2) is 18.2 Å². The average Bonchev–Trinajstić information content (AvgIpc) is 2.14. The molecule has 0 aliphatic carbocycles. The molecule has 0 heterocycles. The van der Waals surface area contributed by atoms with E-state index in [1.165, 1.54) is 11.1 Å². The highest BCUT2D eigenvalue weighted by Crippen LogP contribution is 2.31. The minimum absolute atomic E-state index is 0.152. The number of methoxy groups -OCH3 is 1. The van der Waals surface area contributed by atoms with Gasteiger partial charge in [-0.25, -0.2) is 0 Å². The lowest BCUT2D eigenvalue weighted by Gasteiger charge is -2.22. The van der Waals surface area contributed by atoms with E-state index >= 15 is 0 Å². The Bertz CT molecular complexity index is 379. The fraction of sp³-hybridized carbons (Fsp3) is 0.500. The van der Waals surface area contributed by atoms with Gasteiger partial charge in [-0.05, 0) is 29.5 Å². The molecule has 1 aromatic rings. The largest absolute Gasteiger partial charge is 0.496 e. The van der Waals surface area contributed by atoms with Crippen molar-refractivity contribution in [3.05, 3.63) is 44.6 Å². The molecule has 0 atom stereocenters. The molecule has 0 saturated heterocycles. The Labute approximate surface area is 101 Å². The summed E-state index contributed by atoms with van der Waals surface area (Å²) in [5.41, 5.74) is 2.66. The Morgan fingerprint density at radius 3 is 2.06 bits per heavy atom. The normalized spacial score (nSPS) is 10.2. The summed E-state index contributed by atoms with van der Waals surface area (Å²) in [5.74, 6) is 0.993. The van der Waals surface area contributed by atoms with Crippen LogP contribution in [-0.2, 0) is 5.41 Å². The highest BCUT2D eigenvalue weighted by atomic mass is 16.9. The first-order valence-corrected chi connectivity index (χ1v) is 5.15. The van der Waals surface area contributed by atoms with Crippen LogP contribution in [0.5, 0.6) is 5.75 Å². The fourth-order valence-electron chi connectivity index (χ4n) is 1.42. The Balaban J connectivity index is 0.000000557. The van der Waals surface area contributed by atoms with E-state index < -0.39 is 5.09 Å². The number of ether oxygens (including phenoxy) is 1. The van der Waals surface area contributed by atoms with Crippen LogP contribution in [-0.4, -0.2) is 12.2 Å². The third kappa shape index (κ3) is 5.75. The van der Waals surface area contributed by atoms with Crippen molar-refractivity contribution in [2.24, 2.45) is 0 Å². The van der Waals surface area contributed by atoms with E-state index in [1.54, 1.807) is 7.11 Å². The predicted molar refractivity (Wildman–Crippen MR) is 66.8 cm³/mol. The summed E-state index contributed by atoms with van der Waals surface area (Å²) in [5, 5.41) is 14.8. The maximum absolute atomic E-state index is 8.25. The molecule has 5 heteroatoms. The molecular weight excluding hydrogens is 222 g/mol. The zero-order chi connectivity index (χ0) is 13.6. The third-order valence-electron chi connectivity index (χ3n) is 2.17. The van der Waals surface area contributed by atoms with Gasteiger partial charge in [0.05, 0.1) is 12.2 Å². The quantitative estimate of drug-likeness (QED) is 0.558. The molecule has 0 N–H and O–H groups in total. The first kappa shape index (κ1) is 15.2. The van der Waals surface area contributed by atoms with Gasteiger partial charge in [0.1, 0.15) is 5.75 Å². The lowest BCUT2D eigenvalue weighted by Crippen LogP contribution is -2.12. The number of nitrogens with zero attached hydrogens (tertiary/aromatic N) is 1. The highest BCUT2D eigenvalue weighted by molar-refractivity contribution is 5.41. The maximum atomic E-state index is 8.25. The van der Waals surface area contributed by atoms with Crippen molar-refractivity contribution in [2.45, 2.75) is 33.1 Å². The van der Waals surface area contributed by atoms with Gasteiger partial charge in [0, 0.05) is 0 Å². The van der Waals surface area contributed by atoms with Gasteiger partial charge in [0.2, 0.25) is 0 Å². The Morgan fingerprint density at radius 2 is 1.71 bits per heavy atom. The first-order chi connectivity index (χ1) is 7.68. The summed E-state index contributed by atoms with van der Waals surface area (Å²) >= 11 is 0. The maximum Gasteiger partial charge on any atom is 0.122 e. The molecule has 5 nitrogen and oxygen atoms in total. The fourth-order valence-corrected chi connectivity index (χ4v) is 1.42. The first-order valence-electron chi connectivity index (χ1n) is 5.15. The van der Waals surface area contributed by atoms with E-state index in [4.69, 9.17) is 20.1 Å². The van der Waals surface area contributed by atoms with Gasteiger partial charge < -0.3 is 20.1 Å². The van der Waals surface area contributed by atoms with Gasteiger partial charge in [0.25, 0.3) is 0 Å². The van der Waals surface area contributed by atoms with Gasteiger partial charge in [0.15, 0.2) is 0 Å². The molecule has 0 radical (unpaired) electrons. The lowest BCUT2D eigenvalue weighted by atomic mass is 9.86. The summed E-state index contributed by atoms with van der Waals surface area (Å²) in [6, 6.07) is 6.36. The predicted octanol–water partition coefficient (Wildman–Crippen LogP) is 3.06. The molecule has 1 aromatic carbocycles. The minimum Gasteiger partial charge on any atom is -0.496 e. The molecule has 0 aliphatic heterocycles. The SMILES string of the molecule is COc1cc(C)ccc1C(C)(C)C.O=[N+]([O-])[O-]. The molecule has 0 aromatic heterocycles. The van der Waals surface area contributed by atoms with Crippen molar-refractivity contribution < 1.29 is 9.82 Å². The van der Waals surface area contributed by atoms with E-state index in [0.29, 0.717) is 0 Å². The monoisotopic (exact) mass is 240 g/mol. The number of benzene rings is 1. The molecule has 0 bridgehead atoms. The van der Waals surface area contributed by atoms with Crippen molar-refractivity contribution >= 4 is 0 Å². The third-order valence-corrected chi connectivity index (χ3v) is 2.17. The van der Waals surface area contributed by atoms with Crippen LogP contribution in [0.25, 0.3) is 0 Å². The van der Waals surface area contributed by atoms with E-state index in [0.717, 1.165) is 5.75 Å². The number of rotatable bonds is 1. The summed E-state index contributed by atoms with van der Waals surface area (Å²) in [4.78, 5) is 8.25. The zero-order valence-corrected chi connectivity index (χ0v) is 10.8. The van der Waals surface area contributed by atoms with Crippen LogP contribution < -0.4 is 4.74 Å². The van der Waals surface area contributed by atoms with E-state index in [1.807, 2.05) is 0 Å². The Kier molecular flexibility index (Phi) is 5.44. The van der Waals surface area contributed by atoms with Crippen LogP contribution in [0.3, 0.4) is 0 Å². The van der Waals surface area contributed by atoms with Crippen molar-refractivity contribution in [2.75, 3.05) is 7.11 Å². The average molecular weight is 240 g/mol. The van der Waals surface area contributed by atoms with E-state index in [2.05, 4.69) is 45.9 Å². The van der Waals surface area contributed by atoms with Gasteiger partial charge in [-0.2, -0.15) is 0 Å². The molecule has 0 aliphatic rings. The molecule has 96 valence electrons. The van der Waals surface area contributed by atoms with Crippen LogP contribution in [0, 0.1) is 22.2 Å². The van der Waals surface area contributed by atoms with Crippen molar-refractivity contribution in [3.8, 4) is 5.75 Å². The molecule has 0 spiro atoms. The topological polar surface area (TPSA) is 75.4 Å². The summed E-state index contributed by atoms with van der Waals surface area (Å²) < 4.78 is 5.35. The molecule has 0 unspecified atom stereocenters. The van der Waals surface area contributed by atoms with Gasteiger partial charge in [-0.3, -0.25) is 0 Å². The van der Waals surface area contributed by atoms with Crippen molar-refractivity contribution in [1.29, 1.82) is 0 Å². The number of hydrogen-bond acceptors (Lipinski definition) is 4. The molecule has 1 rings (SSSR count). The molecular formula is C12H18NO4-. The highest BCUT2D eigenvalue weighted by Gasteiger charge is 2.18. The van der Waals surface area contributed by atoms with Gasteiger partial charge >= 0.3 is 0 Å². The summed E-state index contributed by atoms with van der Waals surface area (Å²) in [7, 11) is 1.73. The van der Waals surface area contributed by atoms with Crippen LogP contribution in [0.4, 0.5) is 0 Å². The van der Waals surface area contributed by atoms with E-state index in [-0.39, 0.29) is 5.41 Å². The summed E-state index contributed by atoms with van der Waals surface area (Å²) in [6.45, 7) is 8.66. The second kappa shape index (κ2) is 6.08. The smallest absolute Gasteiger partial charge is 0.122 e. The second-order valence-electron chi connectivity index (χ2n) is 4.68. The van der Waals surface area contributed by atoms with Crippen LogP contribution >= 0.6 is 0 Å². The van der Waals surface area contributed by atoms with Crippen LogP contribution in [0.1, 0.15) is 31.9 Å². The van der Waals surface area contributed by atoms with Gasteiger partial charge in [-0.1, -0.05) is 32.9 Å². The van der Waals surface area contributed by atoms with Crippen molar-refractivity contribution in [1.82, 2.24) is 0 Å². The Hall–Kier alpha value is -1.78. The second-order valence-corrected chi connectivity index (χ2v) is 4.68.